The van der Waals surface area contributed by atoms with Gasteiger partial charge in [0.1, 0.15) is 24.2 Å². The summed E-state index contributed by atoms with van der Waals surface area (Å²) in [5.41, 5.74) is 1.86. The van der Waals surface area contributed by atoms with Gasteiger partial charge in [0.25, 0.3) is 7.52 Å². The second-order valence-electron chi connectivity index (χ2n) is 9.50. The van der Waals surface area contributed by atoms with Gasteiger partial charge in [-0.25, -0.2) is 10.1 Å². The molecule has 0 spiro atoms. The molecule has 0 bridgehead atoms. The van der Waals surface area contributed by atoms with Gasteiger partial charge in [-0.05, 0) is 31.0 Å². The van der Waals surface area contributed by atoms with Crippen LogP contribution in [-0.2, 0) is 29.9 Å². The van der Waals surface area contributed by atoms with Crippen molar-refractivity contribution in [3.05, 3.63) is 47.5 Å². The van der Waals surface area contributed by atoms with Gasteiger partial charge in [0.2, 0.25) is 5.28 Å². The molecule has 5 rings (SSSR count). The summed E-state index contributed by atoms with van der Waals surface area (Å²) in [7, 11) is -9.08. The van der Waals surface area contributed by atoms with Crippen molar-refractivity contribution in [1.82, 2.24) is 24.6 Å². The molecule has 2 aliphatic heterocycles. The average molecular weight is 589 g/mol. The fraction of sp³-hybridized carbons (Fsp3) is 0.476. The van der Waals surface area contributed by atoms with Gasteiger partial charge in [0, 0.05) is 13.1 Å². The lowest BCUT2D eigenvalue weighted by Crippen LogP contribution is -2.36. The predicted molar refractivity (Wildman–Crippen MR) is 137 cm³/mol. The second-order valence-corrected chi connectivity index (χ2v) is 14.0. The minimum absolute atomic E-state index is 0.00912. The molecule has 0 radical (unpaired) electrons. The van der Waals surface area contributed by atoms with E-state index in [1.165, 1.54) is 6.33 Å². The highest BCUT2D eigenvalue weighted by Gasteiger charge is 2.56. The maximum atomic E-state index is 12.3. The largest absolute Gasteiger partial charge is 0.364 e. The smallest absolute Gasteiger partial charge is 0.336 e. The van der Waals surface area contributed by atoms with Crippen LogP contribution < -0.4 is 10.4 Å². The second kappa shape index (κ2) is 10.2. The zero-order valence-electron chi connectivity index (χ0n) is 20.3. The van der Waals surface area contributed by atoms with E-state index in [4.69, 9.17) is 35.6 Å². The summed E-state index contributed by atoms with van der Waals surface area (Å²) < 4.78 is 43.4. The SMILES string of the molecule is CC1(C)OC2C(CNP(=O)(O)CP(=O)(O)O)OC(n3cnc4c(NCc5ccccc5)nc(Cl)nc43)C2O1. The Morgan fingerprint density at radius 1 is 1.11 bits per heavy atom. The molecule has 1 aromatic carbocycles. The van der Waals surface area contributed by atoms with Crippen LogP contribution in [0.1, 0.15) is 25.6 Å². The molecule has 2 aliphatic rings. The topological polar surface area (TPSA) is 190 Å². The van der Waals surface area contributed by atoms with Gasteiger partial charge in [0.05, 0.1) is 6.33 Å². The Bertz CT molecular complexity index is 1420. The summed E-state index contributed by atoms with van der Waals surface area (Å²) in [4.78, 5) is 41.3. The minimum Gasteiger partial charge on any atom is -0.364 e. The summed E-state index contributed by atoms with van der Waals surface area (Å²) in [6.07, 6.45) is -1.40. The number of benzene rings is 1. The molecule has 0 saturated carbocycles. The number of fused-ring (bicyclic) bond motifs is 2. The minimum atomic E-state index is -4.72. The number of hydrogen-bond donors (Lipinski definition) is 5. The van der Waals surface area contributed by atoms with E-state index in [-0.39, 0.29) is 11.8 Å². The molecule has 206 valence electrons. The van der Waals surface area contributed by atoms with Crippen LogP contribution in [0.15, 0.2) is 36.7 Å². The Labute approximate surface area is 222 Å². The Morgan fingerprint density at radius 3 is 2.53 bits per heavy atom. The van der Waals surface area contributed by atoms with Gasteiger partial charge in [0.15, 0.2) is 29.0 Å². The molecule has 5 N–H and O–H groups in total. The van der Waals surface area contributed by atoms with Crippen molar-refractivity contribution in [2.24, 2.45) is 0 Å². The highest BCUT2D eigenvalue weighted by molar-refractivity contribution is 7.71. The summed E-state index contributed by atoms with van der Waals surface area (Å²) in [5, 5.41) is 5.55. The quantitative estimate of drug-likeness (QED) is 0.181. The van der Waals surface area contributed by atoms with Gasteiger partial charge in [-0.2, -0.15) is 9.97 Å². The van der Waals surface area contributed by atoms with Crippen molar-refractivity contribution >= 4 is 43.7 Å². The predicted octanol–water partition coefficient (Wildman–Crippen LogP) is 2.42. The van der Waals surface area contributed by atoms with Gasteiger partial charge in [-0.15, -0.1) is 0 Å². The third kappa shape index (κ3) is 6.10. The lowest BCUT2D eigenvalue weighted by atomic mass is 10.1. The molecule has 3 aromatic rings. The normalized spacial score (nSPS) is 26.4. The average Bonchev–Trinajstić information content (AvgIpc) is 3.46. The number of nitrogens with one attached hydrogen (secondary N) is 2. The van der Waals surface area contributed by atoms with E-state index in [1.807, 2.05) is 30.3 Å². The van der Waals surface area contributed by atoms with Gasteiger partial charge in [-0.1, -0.05) is 30.3 Å². The first-order valence-corrected chi connectivity index (χ1v) is 15.6. The van der Waals surface area contributed by atoms with Crippen molar-refractivity contribution in [3.63, 3.8) is 0 Å². The number of nitrogens with zero attached hydrogens (tertiary/aromatic N) is 4. The third-order valence-electron chi connectivity index (χ3n) is 6.01. The lowest BCUT2D eigenvalue weighted by Gasteiger charge is -2.25. The van der Waals surface area contributed by atoms with Crippen LogP contribution in [0.5, 0.6) is 0 Å². The molecule has 5 unspecified atom stereocenters. The van der Waals surface area contributed by atoms with Gasteiger partial charge in [-0.3, -0.25) is 13.7 Å². The van der Waals surface area contributed by atoms with Crippen LogP contribution in [0, 0.1) is 0 Å². The molecule has 14 nitrogen and oxygen atoms in total. The number of ether oxygens (including phenoxy) is 3. The van der Waals surface area contributed by atoms with Crippen molar-refractivity contribution in [3.8, 4) is 0 Å². The van der Waals surface area contributed by atoms with Crippen LogP contribution in [-0.4, -0.2) is 70.7 Å². The zero-order valence-corrected chi connectivity index (χ0v) is 22.9. The van der Waals surface area contributed by atoms with Crippen molar-refractivity contribution < 1.29 is 38.0 Å². The van der Waals surface area contributed by atoms with Crippen LogP contribution in [0.4, 0.5) is 5.82 Å². The molecule has 5 atom stereocenters. The first-order valence-electron chi connectivity index (χ1n) is 11.6. The molecule has 0 aliphatic carbocycles. The van der Waals surface area contributed by atoms with Crippen LogP contribution >= 0.6 is 26.7 Å². The molecule has 4 heterocycles. The number of aromatic nitrogens is 4. The summed E-state index contributed by atoms with van der Waals surface area (Å²) in [6, 6.07) is 9.73. The third-order valence-corrected chi connectivity index (χ3v) is 9.86. The molecular formula is C21H27ClN6O8P2. The summed E-state index contributed by atoms with van der Waals surface area (Å²) in [6.45, 7) is 3.72. The Balaban J connectivity index is 1.40. The molecule has 2 aromatic heterocycles. The first-order chi connectivity index (χ1) is 17.8. The number of hydrogen-bond acceptors (Lipinski definition) is 9. The van der Waals surface area contributed by atoms with Gasteiger partial charge < -0.3 is 34.2 Å². The Kier molecular flexibility index (Phi) is 7.42. The monoisotopic (exact) mass is 588 g/mol. The zero-order chi connectivity index (χ0) is 27.3. The summed E-state index contributed by atoms with van der Waals surface area (Å²) in [5.74, 6) is -1.75. The van der Waals surface area contributed by atoms with E-state index in [0.29, 0.717) is 23.5 Å². The number of imidazole rings is 1. The van der Waals surface area contributed by atoms with Crippen molar-refractivity contribution in [2.45, 2.75) is 50.7 Å². The van der Waals surface area contributed by atoms with Gasteiger partial charge >= 0.3 is 7.60 Å². The number of anilines is 1. The number of rotatable bonds is 9. The van der Waals surface area contributed by atoms with Crippen molar-refractivity contribution in [2.75, 3.05) is 17.8 Å². The van der Waals surface area contributed by atoms with E-state index in [0.717, 1.165) is 5.56 Å². The maximum absolute atomic E-state index is 12.3. The summed E-state index contributed by atoms with van der Waals surface area (Å²) >= 11 is 6.25. The van der Waals surface area contributed by atoms with E-state index in [2.05, 4.69) is 25.4 Å². The van der Waals surface area contributed by atoms with Crippen LogP contribution in [0.3, 0.4) is 0 Å². The fourth-order valence-corrected chi connectivity index (χ4v) is 7.59. The lowest BCUT2D eigenvalue weighted by molar-refractivity contribution is -0.195. The molecular weight excluding hydrogens is 562 g/mol. The van der Waals surface area contributed by atoms with Crippen LogP contribution in [0.2, 0.25) is 5.28 Å². The molecule has 17 heteroatoms. The van der Waals surface area contributed by atoms with E-state index in [1.54, 1.807) is 18.4 Å². The standard InChI is InChI=1S/C21H27ClN6O8P2/c1-21(2)35-15-13(9-25-37(29,30)11-38(31,32)33)34-19(16(15)36-21)28-10-24-14-17(26-20(22)27-18(14)28)23-8-12-6-4-3-5-7-12/h3-7,10,13,15-16,19H,8-9,11H2,1-2H3,(H,23,26,27)(H2,25,29,30)(H2,31,32,33). The van der Waals surface area contributed by atoms with E-state index >= 15 is 0 Å². The van der Waals surface area contributed by atoms with Crippen LogP contribution in [0.25, 0.3) is 11.2 Å². The fourth-order valence-electron chi connectivity index (χ4n) is 4.56. The first kappa shape index (κ1) is 27.6. The maximum Gasteiger partial charge on any atom is 0.336 e. The molecule has 38 heavy (non-hydrogen) atoms. The molecule has 2 saturated heterocycles. The number of halogens is 1. The Hall–Kier alpha value is -1.96. The van der Waals surface area contributed by atoms with E-state index in [9.17, 15) is 14.0 Å². The van der Waals surface area contributed by atoms with E-state index < -0.39 is 51.3 Å². The Morgan fingerprint density at radius 2 is 1.82 bits per heavy atom. The van der Waals surface area contributed by atoms with Crippen molar-refractivity contribution in [1.29, 1.82) is 0 Å². The molecule has 2 fully saturated rings. The highest BCUT2D eigenvalue weighted by Crippen LogP contribution is 2.52. The highest BCUT2D eigenvalue weighted by atomic mass is 35.5. The molecule has 0 amide bonds.